The monoisotopic (exact) mass is 350 g/mol. The molecule has 0 aromatic rings. The normalized spacial score (nSPS) is 22.9. The molecule has 1 amide bonds. The first-order chi connectivity index (χ1) is 11.1. The number of carbonyl (C=O) groups is 1. The van der Waals surface area contributed by atoms with Crippen LogP contribution in [0.1, 0.15) is 46.5 Å². The molecule has 0 aromatic heterocycles. The topological polar surface area (TPSA) is 65.5 Å². The van der Waals surface area contributed by atoms with Crippen LogP contribution in [-0.2, 0) is 4.79 Å². The van der Waals surface area contributed by atoms with E-state index in [-0.39, 0.29) is 24.8 Å². The average molecular weight is 350 g/mol. The Balaban J connectivity index is 2.61. The quantitative estimate of drug-likeness (QED) is 0.527. The summed E-state index contributed by atoms with van der Waals surface area (Å²) in [4.78, 5) is 16.2. The first-order valence-corrected chi connectivity index (χ1v) is 8.44. The fraction of sp³-hybridized carbons (Fsp3) is 0.875. The number of hydrogen-bond acceptors (Lipinski definition) is 2. The zero-order chi connectivity index (χ0) is 18.4. The molecule has 1 rings (SSSR count). The molecular formula is C16H29F3N4O. The van der Waals surface area contributed by atoms with Crippen molar-refractivity contribution in [3.05, 3.63) is 0 Å². The highest BCUT2D eigenvalue weighted by molar-refractivity contribution is 5.83. The van der Waals surface area contributed by atoms with Gasteiger partial charge in [0.05, 0.1) is 17.9 Å². The van der Waals surface area contributed by atoms with Gasteiger partial charge in [0.15, 0.2) is 5.96 Å². The number of carbonyl (C=O) groups excluding carboxylic acids is 1. The van der Waals surface area contributed by atoms with Gasteiger partial charge in [-0.2, -0.15) is 13.2 Å². The van der Waals surface area contributed by atoms with Crippen molar-refractivity contribution >= 4 is 11.9 Å². The van der Waals surface area contributed by atoms with Crippen molar-refractivity contribution in [2.24, 2.45) is 16.3 Å². The smallest absolute Gasteiger partial charge is 0.359 e. The van der Waals surface area contributed by atoms with Crippen molar-refractivity contribution in [3.8, 4) is 0 Å². The third kappa shape index (κ3) is 6.20. The molecule has 0 heterocycles. The number of guanidine groups is 1. The summed E-state index contributed by atoms with van der Waals surface area (Å²) in [7, 11) is 1.58. The predicted octanol–water partition coefficient (Wildman–Crippen LogP) is 2.43. The van der Waals surface area contributed by atoms with Gasteiger partial charge in [-0.15, -0.1) is 0 Å². The minimum atomic E-state index is -4.10. The molecule has 5 nitrogen and oxygen atoms in total. The zero-order valence-corrected chi connectivity index (χ0v) is 14.9. The Morgan fingerprint density at radius 2 is 1.75 bits per heavy atom. The van der Waals surface area contributed by atoms with Crippen LogP contribution < -0.4 is 16.0 Å². The highest BCUT2D eigenvalue weighted by Gasteiger charge is 2.41. The molecule has 0 radical (unpaired) electrons. The molecule has 0 aliphatic heterocycles. The largest absolute Gasteiger partial charge is 0.391 e. The molecule has 140 valence electrons. The number of halogens is 3. The van der Waals surface area contributed by atoms with Crippen LogP contribution in [0, 0.1) is 11.3 Å². The number of aliphatic imine (C=N–C) groups is 1. The van der Waals surface area contributed by atoms with Crippen molar-refractivity contribution in [1.29, 1.82) is 0 Å². The first-order valence-electron chi connectivity index (χ1n) is 8.44. The van der Waals surface area contributed by atoms with Crippen molar-refractivity contribution in [1.82, 2.24) is 16.0 Å². The van der Waals surface area contributed by atoms with E-state index in [4.69, 9.17) is 0 Å². The van der Waals surface area contributed by atoms with Crippen LogP contribution in [0.5, 0.6) is 0 Å². The van der Waals surface area contributed by atoms with E-state index < -0.39 is 17.5 Å². The van der Waals surface area contributed by atoms with Gasteiger partial charge in [0, 0.05) is 19.6 Å². The second kappa shape index (κ2) is 8.58. The van der Waals surface area contributed by atoms with Crippen molar-refractivity contribution < 1.29 is 18.0 Å². The summed E-state index contributed by atoms with van der Waals surface area (Å²) >= 11 is 0. The lowest BCUT2D eigenvalue weighted by atomic mass is 9.85. The summed E-state index contributed by atoms with van der Waals surface area (Å²) < 4.78 is 38.2. The molecule has 8 heteroatoms. The minimum Gasteiger partial charge on any atom is -0.359 e. The number of amides is 1. The molecule has 3 N–H and O–H groups in total. The Kier molecular flexibility index (Phi) is 7.35. The minimum absolute atomic E-state index is 0.0236. The van der Waals surface area contributed by atoms with E-state index in [9.17, 15) is 18.0 Å². The summed E-state index contributed by atoms with van der Waals surface area (Å²) in [6.45, 7) is 6.45. The Hall–Kier alpha value is -1.47. The van der Waals surface area contributed by atoms with Gasteiger partial charge in [0.1, 0.15) is 0 Å². The van der Waals surface area contributed by atoms with Crippen LogP contribution in [0.2, 0.25) is 0 Å². The van der Waals surface area contributed by atoms with Gasteiger partial charge in [0.2, 0.25) is 5.91 Å². The van der Waals surface area contributed by atoms with E-state index in [1.807, 2.05) is 6.92 Å². The van der Waals surface area contributed by atoms with Gasteiger partial charge in [0.25, 0.3) is 0 Å². The fourth-order valence-corrected chi connectivity index (χ4v) is 2.77. The number of nitrogens with zero attached hydrogens (tertiary/aromatic N) is 1. The highest BCUT2D eigenvalue weighted by atomic mass is 19.4. The Bertz CT molecular complexity index is 441. The molecule has 0 unspecified atom stereocenters. The van der Waals surface area contributed by atoms with Gasteiger partial charge in [-0.25, -0.2) is 0 Å². The van der Waals surface area contributed by atoms with Crippen LogP contribution in [0.3, 0.4) is 0 Å². The molecule has 24 heavy (non-hydrogen) atoms. The number of rotatable bonds is 5. The van der Waals surface area contributed by atoms with Crippen molar-refractivity contribution in [2.75, 3.05) is 20.1 Å². The lowest BCUT2D eigenvalue weighted by Gasteiger charge is -2.31. The van der Waals surface area contributed by atoms with E-state index >= 15 is 0 Å². The summed E-state index contributed by atoms with van der Waals surface area (Å²) in [5.74, 6) is -0.750. The number of alkyl halides is 3. The molecule has 1 aliphatic rings. The summed E-state index contributed by atoms with van der Waals surface area (Å²) in [5.41, 5.74) is -0.648. The second-order valence-electron chi connectivity index (χ2n) is 6.89. The SMILES string of the molecule is CCNC(=NCC(C)(C)C(=O)NC)NC1CCC(C(F)(F)F)CC1. The van der Waals surface area contributed by atoms with Crippen LogP contribution in [0.25, 0.3) is 0 Å². The third-order valence-corrected chi connectivity index (χ3v) is 4.35. The Labute approximate surface area is 141 Å². The number of hydrogen-bond donors (Lipinski definition) is 3. The Morgan fingerprint density at radius 3 is 2.21 bits per heavy atom. The summed E-state index contributed by atoms with van der Waals surface area (Å²) in [6.07, 6.45) is -2.88. The molecule has 0 atom stereocenters. The standard InChI is InChI=1S/C16H29F3N4O/c1-5-21-14(22-10-15(2,3)13(24)20-4)23-12-8-6-11(7-9-12)16(17,18)19/h11-12H,5-10H2,1-4H3,(H,20,24)(H2,21,22,23). The van der Waals surface area contributed by atoms with Crippen LogP contribution in [0.15, 0.2) is 4.99 Å². The van der Waals surface area contributed by atoms with E-state index in [2.05, 4.69) is 20.9 Å². The molecule has 0 spiro atoms. The second-order valence-corrected chi connectivity index (χ2v) is 6.89. The van der Waals surface area contributed by atoms with Crippen molar-refractivity contribution in [2.45, 2.75) is 58.7 Å². The predicted molar refractivity (Wildman–Crippen MR) is 88.8 cm³/mol. The van der Waals surface area contributed by atoms with E-state index in [0.29, 0.717) is 31.9 Å². The van der Waals surface area contributed by atoms with Gasteiger partial charge in [-0.05, 0) is 46.5 Å². The van der Waals surface area contributed by atoms with E-state index in [1.165, 1.54) is 0 Å². The van der Waals surface area contributed by atoms with Crippen LogP contribution >= 0.6 is 0 Å². The Morgan fingerprint density at radius 1 is 1.17 bits per heavy atom. The zero-order valence-electron chi connectivity index (χ0n) is 14.9. The van der Waals surface area contributed by atoms with Crippen molar-refractivity contribution in [3.63, 3.8) is 0 Å². The van der Waals surface area contributed by atoms with E-state index in [0.717, 1.165) is 0 Å². The summed E-state index contributed by atoms with van der Waals surface area (Å²) in [5, 5.41) is 8.89. The molecule has 0 bridgehead atoms. The molecule has 0 aromatic carbocycles. The molecule has 1 aliphatic carbocycles. The third-order valence-electron chi connectivity index (χ3n) is 4.35. The number of nitrogens with one attached hydrogen (secondary N) is 3. The molecule has 0 saturated heterocycles. The molecular weight excluding hydrogens is 321 g/mol. The fourth-order valence-electron chi connectivity index (χ4n) is 2.77. The lowest BCUT2D eigenvalue weighted by molar-refractivity contribution is -0.182. The average Bonchev–Trinajstić information content (AvgIpc) is 2.51. The first kappa shape index (κ1) is 20.6. The van der Waals surface area contributed by atoms with Crippen LogP contribution in [-0.4, -0.2) is 44.2 Å². The molecule has 1 fully saturated rings. The highest BCUT2D eigenvalue weighted by Crippen LogP contribution is 2.37. The van der Waals surface area contributed by atoms with Gasteiger partial charge >= 0.3 is 6.18 Å². The van der Waals surface area contributed by atoms with E-state index in [1.54, 1.807) is 20.9 Å². The van der Waals surface area contributed by atoms with Crippen LogP contribution in [0.4, 0.5) is 13.2 Å². The maximum Gasteiger partial charge on any atom is 0.391 e. The maximum atomic E-state index is 12.7. The maximum absolute atomic E-state index is 12.7. The van der Waals surface area contributed by atoms with Gasteiger partial charge in [-0.1, -0.05) is 0 Å². The van der Waals surface area contributed by atoms with Gasteiger partial charge < -0.3 is 16.0 Å². The molecule has 1 saturated carbocycles. The lowest BCUT2D eigenvalue weighted by Crippen LogP contribution is -2.46. The van der Waals surface area contributed by atoms with Gasteiger partial charge in [-0.3, -0.25) is 9.79 Å². The summed E-state index contributed by atoms with van der Waals surface area (Å²) in [6, 6.07) is -0.0236.